The van der Waals surface area contributed by atoms with E-state index in [9.17, 15) is 5.11 Å². The van der Waals surface area contributed by atoms with Gasteiger partial charge in [-0.05, 0) is 24.6 Å². The van der Waals surface area contributed by atoms with Crippen LogP contribution in [0, 0.1) is 11.3 Å². The zero-order chi connectivity index (χ0) is 9.84. The highest BCUT2D eigenvalue weighted by Gasteiger charge is 2.10. The summed E-state index contributed by atoms with van der Waals surface area (Å²) in [5.41, 5.74) is 7.14. The van der Waals surface area contributed by atoms with Crippen LogP contribution < -0.4 is 5.73 Å². The SMILES string of the molecule is C[C@@H](O)[C@@H](N)c1ccc(C#N)cc1.Cl. The number of aliphatic hydroxyl groups is 1. The molecule has 1 aromatic rings. The van der Waals surface area contributed by atoms with Gasteiger partial charge in [-0.2, -0.15) is 5.26 Å². The van der Waals surface area contributed by atoms with Gasteiger partial charge in [0.05, 0.1) is 23.8 Å². The zero-order valence-electron chi connectivity index (χ0n) is 7.84. The molecule has 76 valence electrons. The van der Waals surface area contributed by atoms with Crippen molar-refractivity contribution < 1.29 is 5.11 Å². The first kappa shape index (κ1) is 12.9. The Hall–Kier alpha value is -1.08. The van der Waals surface area contributed by atoms with Crippen molar-refractivity contribution in [1.82, 2.24) is 0 Å². The highest BCUT2D eigenvalue weighted by Crippen LogP contribution is 2.14. The normalized spacial score (nSPS) is 13.6. The minimum atomic E-state index is -0.576. The lowest BCUT2D eigenvalue weighted by molar-refractivity contribution is 0.164. The number of halogens is 1. The highest BCUT2D eigenvalue weighted by atomic mass is 35.5. The quantitative estimate of drug-likeness (QED) is 0.778. The molecule has 14 heavy (non-hydrogen) atoms. The van der Waals surface area contributed by atoms with Gasteiger partial charge in [0.2, 0.25) is 0 Å². The molecule has 0 unspecified atom stereocenters. The number of aliphatic hydroxyl groups excluding tert-OH is 1. The second kappa shape index (κ2) is 5.61. The van der Waals surface area contributed by atoms with Crippen molar-refractivity contribution in [3.8, 4) is 6.07 Å². The molecule has 4 heteroatoms. The van der Waals surface area contributed by atoms with E-state index in [4.69, 9.17) is 11.0 Å². The molecule has 0 spiro atoms. The number of nitrogens with two attached hydrogens (primary N) is 1. The van der Waals surface area contributed by atoms with Crippen molar-refractivity contribution in [3.63, 3.8) is 0 Å². The fourth-order valence-corrected chi connectivity index (χ4v) is 1.06. The van der Waals surface area contributed by atoms with Crippen LogP contribution in [0.5, 0.6) is 0 Å². The molecule has 0 heterocycles. The Labute approximate surface area is 89.6 Å². The van der Waals surface area contributed by atoms with Crippen LogP contribution in [-0.4, -0.2) is 11.2 Å². The molecule has 0 aliphatic carbocycles. The van der Waals surface area contributed by atoms with Gasteiger partial charge in [-0.3, -0.25) is 0 Å². The second-order valence-corrected chi connectivity index (χ2v) is 3.00. The standard InChI is InChI=1S/C10H12N2O.ClH/c1-7(13)10(12)9-4-2-8(6-11)3-5-9;/h2-5,7,10,13H,12H2,1H3;1H/t7-,10-;/m1./s1. The maximum atomic E-state index is 9.21. The Morgan fingerprint density at radius 3 is 2.21 bits per heavy atom. The van der Waals surface area contributed by atoms with Crippen molar-refractivity contribution in [2.24, 2.45) is 5.73 Å². The van der Waals surface area contributed by atoms with Gasteiger partial charge in [-0.1, -0.05) is 12.1 Å². The van der Waals surface area contributed by atoms with Gasteiger partial charge < -0.3 is 10.8 Å². The Morgan fingerprint density at radius 1 is 1.36 bits per heavy atom. The summed E-state index contributed by atoms with van der Waals surface area (Å²) in [6, 6.07) is 8.54. The molecule has 0 amide bonds. The monoisotopic (exact) mass is 212 g/mol. The van der Waals surface area contributed by atoms with E-state index in [-0.39, 0.29) is 18.4 Å². The van der Waals surface area contributed by atoms with Gasteiger partial charge in [0, 0.05) is 0 Å². The summed E-state index contributed by atoms with van der Waals surface area (Å²) in [6.45, 7) is 1.64. The van der Waals surface area contributed by atoms with Crippen molar-refractivity contribution in [1.29, 1.82) is 5.26 Å². The number of rotatable bonds is 2. The molecule has 0 fully saturated rings. The lowest BCUT2D eigenvalue weighted by atomic mass is 10.0. The van der Waals surface area contributed by atoms with Crippen molar-refractivity contribution in [3.05, 3.63) is 35.4 Å². The van der Waals surface area contributed by atoms with Crippen LogP contribution in [-0.2, 0) is 0 Å². The van der Waals surface area contributed by atoms with E-state index in [1.807, 2.05) is 6.07 Å². The van der Waals surface area contributed by atoms with Crippen LogP contribution in [0.2, 0.25) is 0 Å². The van der Waals surface area contributed by atoms with Crippen LogP contribution in [0.15, 0.2) is 24.3 Å². The summed E-state index contributed by atoms with van der Waals surface area (Å²) in [5.74, 6) is 0. The fraction of sp³-hybridized carbons (Fsp3) is 0.300. The first-order chi connectivity index (χ1) is 6.15. The summed E-state index contributed by atoms with van der Waals surface area (Å²) >= 11 is 0. The first-order valence-corrected chi connectivity index (χ1v) is 4.09. The van der Waals surface area contributed by atoms with Gasteiger partial charge >= 0.3 is 0 Å². The Kier molecular flexibility index (Phi) is 5.18. The Balaban J connectivity index is 0.00000169. The maximum absolute atomic E-state index is 9.21. The Morgan fingerprint density at radius 2 is 1.86 bits per heavy atom. The molecule has 0 aromatic heterocycles. The number of nitriles is 1. The third-order valence-corrected chi connectivity index (χ3v) is 1.94. The van der Waals surface area contributed by atoms with E-state index in [2.05, 4.69) is 0 Å². The van der Waals surface area contributed by atoms with Crippen LogP contribution in [0.3, 0.4) is 0 Å². The van der Waals surface area contributed by atoms with Crippen molar-refractivity contribution in [2.45, 2.75) is 19.1 Å². The lowest BCUT2D eigenvalue weighted by Gasteiger charge is -2.14. The van der Waals surface area contributed by atoms with Crippen LogP contribution in [0.4, 0.5) is 0 Å². The number of nitrogens with zero attached hydrogens (tertiary/aromatic N) is 1. The smallest absolute Gasteiger partial charge is 0.0991 e. The second-order valence-electron chi connectivity index (χ2n) is 3.00. The molecule has 0 radical (unpaired) electrons. The molecule has 0 saturated heterocycles. The number of benzene rings is 1. The molecule has 0 saturated carbocycles. The van der Waals surface area contributed by atoms with E-state index in [0.717, 1.165) is 5.56 Å². The molecule has 0 aliphatic heterocycles. The molecule has 3 nitrogen and oxygen atoms in total. The van der Waals surface area contributed by atoms with Crippen LogP contribution in [0.1, 0.15) is 24.1 Å². The molecule has 2 atom stereocenters. The molecule has 0 aliphatic rings. The molecule has 0 bridgehead atoms. The number of hydrogen-bond donors (Lipinski definition) is 2. The van der Waals surface area contributed by atoms with Gasteiger partial charge in [0.25, 0.3) is 0 Å². The van der Waals surface area contributed by atoms with Gasteiger partial charge in [-0.15, -0.1) is 12.4 Å². The van der Waals surface area contributed by atoms with Crippen LogP contribution in [0.25, 0.3) is 0 Å². The topological polar surface area (TPSA) is 70.0 Å². The summed E-state index contributed by atoms with van der Waals surface area (Å²) < 4.78 is 0. The largest absolute Gasteiger partial charge is 0.391 e. The molecular formula is C10H13ClN2O. The van der Waals surface area contributed by atoms with Gasteiger partial charge in [0.1, 0.15) is 0 Å². The number of hydrogen-bond acceptors (Lipinski definition) is 3. The van der Waals surface area contributed by atoms with Gasteiger partial charge in [-0.25, -0.2) is 0 Å². The van der Waals surface area contributed by atoms with Gasteiger partial charge in [0.15, 0.2) is 0 Å². The van der Waals surface area contributed by atoms with E-state index in [1.165, 1.54) is 0 Å². The molecular weight excluding hydrogens is 200 g/mol. The maximum Gasteiger partial charge on any atom is 0.0991 e. The van der Waals surface area contributed by atoms with Crippen LogP contribution >= 0.6 is 12.4 Å². The minimum absolute atomic E-state index is 0. The highest BCUT2D eigenvalue weighted by molar-refractivity contribution is 5.85. The van der Waals surface area contributed by atoms with E-state index >= 15 is 0 Å². The third kappa shape index (κ3) is 3.00. The average molecular weight is 213 g/mol. The van der Waals surface area contributed by atoms with E-state index in [1.54, 1.807) is 31.2 Å². The fourth-order valence-electron chi connectivity index (χ4n) is 1.06. The average Bonchev–Trinajstić information content (AvgIpc) is 2.17. The molecule has 3 N–H and O–H groups in total. The lowest BCUT2D eigenvalue weighted by Crippen LogP contribution is -2.22. The predicted molar refractivity (Wildman–Crippen MR) is 57.0 cm³/mol. The summed E-state index contributed by atoms with van der Waals surface area (Å²) in [5, 5.41) is 17.8. The van der Waals surface area contributed by atoms with E-state index < -0.39 is 6.10 Å². The van der Waals surface area contributed by atoms with Crippen molar-refractivity contribution >= 4 is 12.4 Å². The first-order valence-electron chi connectivity index (χ1n) is 4.09. The Bertz CT molecular complexity index is 316. The van der Waals surface area contributed by atoms with Crippen molar-refractivity contribution in [2.75, 3.05) is 0 Å². The molecule has 1 aromatic carbocycles. The third-order valence-electron chi connectivity index (χ3n) is 1.94. The zero-order valence-corrected chi connectivity index (χ0v) is 8.66. The van der Waals surface area contributed by atoms with E-state index in [0.29, 0.717) is 5.56 Å². The summed E-state index contributed by atoms with van der Waals surface area (Å²) in [7, 11) is 0. The predicted octanol–water partition coefficient (Wildman–Crippen LogP) is 1.36. The summed E-state index contributed by atoms with van der Waals surface area (Å²) in [4.78, 5) is 0. The molecule has 1 rings (SSSR count). The minimum Gasteiger partial charge on any atom is -0.391 e. The summed E-state index contributed by atoms with van der Waals surface area (Å²) in [6.07, 6.45) is -0.576.